The fraction of sp³-hybridized carbons (Fsp3) is 1.00. The van der Waals surface area contributed by atoms with Gasteiger partial charge in [0.25, 0.3) is 0 Å². The molecule has 0 amide bonds. The lowest BCUT2D eigenvalue weighted by Crippen LogP contribution is -2.56. The van der Waals surface area contributed by atoms with Gasteiger partial charge in [0.15, 0.2) is 0 Å². The van der Waals surface area contributed by atoms with Crippen LogP contribution < -0.4 is 10.6 Å². The molecular weight excluding hydrogens is 174 g/mol. The van der Waals surface area contributed by atoms with Crippen LogP contribution in [0.1, 0.15) is 20.8 Å². The van der Waals surface area contributed by atoms with Gasteiger partial charge in [-0.05, 0) is 19.9 Å². The van der Waals surface area contributed by atoms with Gasteiger partial charge in [0.1, 0.15) is 0 Å². The first-order valence-corrected chi connectivity index (χ1v) is 5.77. The van der Waals surface area contributed by atoms with Crippen LogP contribution in [0.3, 0.4) is 0 Å². The predicted octanol–water partition coefficient (Wildman–Crippen LogP) is 0.524. The molecule has 1 aliphatic heterocycles. The van der Waals surface area contributed by atoms with Crippen LogP contribution in [0, 0.1) is 5.92 Å². The lowest BCUT2D eigenvalue weighted by Gasteiger charge is -2.39. The van der Waals surface area contributed by atoms with Crippen molar-refractivity contribution < 1.29 is 0 Å². The summed E-state index contributed by atoms with van der Waals surface area (Å²) in [6.45, 7) is 11.5. The van der Waals surface area contributed by atoms with Crippen LogP contribution in [0.2, 0.25) is 0 Å². The van der Waals surface area contributed by atoms with E-state index < -0.39 is 0 Å². The molecule has 0 aromatic heterocycles. The number of nitrogens with one attached hydrogen (secondary N) is 2. The molecule has 2 unspecified atom stereocenters. The molecule has 1 heterocycles. The first kappa shape index (κ1) is 12.0. The van der Waals surface area contributed by atoms with E-state index in [4.69, 9.17) is 0 Å². The molecule has 1 aliphatic rings. The number of hydrogen-bond acceptors (Lipinski definition) is 3. The first-order valence-electron chi connectivity index (χ1n) is 5.77. The minimum atomic E-state index is 0.656. The second kappa shape index (κ2) is 5.69. The summed E-state index contributed by atoms with van der Waals surface area (Å²) >= 11 is 0. The maximum atomic E-state index is 3.58. The van der Waals surface area contributed by atoms with Crippen molar-refractivity contribution in [3.05, 3.63) is 0 Å². The molecule has 0 spiro atoms. The smallest absolute Gasteiger partial charge is 0.0218 e. The van der Waals surface area contributed by atoms with E-state index in [-0.39, 0.29) is 0 Å². The molecule has 3 nitrogen and oxygen atoms in total. The number of hydrogen-bond donors (Lipinski definition) is 2. The van der Waals surface area contributed by atoms with Gasteiger partial charge in [-0.25, -0.2) is 0 Å². The Kier molecular flexibility index (Phi) is 4.85. The zero-order valence-electron chi connectivity index (χ0n) is 10.0. The fourth-order valence-electron chi connectivity index (χ4n) is 2.07. The molecule has 0 aliphatic carbocycles. The van der Waals surface area contributed by atoms with Crippen molar-refractivity contribution >= 4 is 0 Å². The molecule has 84 valence electrons. The third-order valence-corrected chi connectivity index (χ3v) is 3.16. The topological polar surface area (TPSA) is 27.3 Å². The SMILES string of the molecule is CNCC(C)N1CCNC(C(C)C)C1. The van der Waals surface area contributed by atoms with E-state index in [2.05, 4.69) is 36.3 Å². The molecule has 1 fully saturated rings. The van der Waals surface area contributed by atoms with Crippen LogP contribution in [0.5, 0.6) is 0 Å². The standard InChI is InChI=1S/C11H25N3/c1-9(2)11-8-14(6-5-13-11)10(3)7-12-4/h9-13H,5-8H2,1-4H3. The summed E-state index contributed by atoms with van der Waals surface area (Å²) in [7, 11) is 2.03. The number of rotatable bonds is 4. The van der Waals surface area contributed by atoms with Gasteiger partial charge in [0, 0.05) is 38.3 Å². The van der Waals surface area contributed by atoms with E-state index in [1.54, 1.807) is 0 Å². The summed E-state index contributed by atoms with van der Waals surface area (Å²) in [5, 5.41) is 6.83. The van der Waals surface area contributed by atoms with Crippen LogP contribution in [0.15, 0.2) is 0 Å². The molecule has 0 aromatic carbocycles. The van der Waals surface area contributed by atoms with Gasteiger partial charge in [0.05, 0.1) is 0 Å². The summed E-state index contributed by atoms with van der Waals surface area (Å²) in [6.07, 6.45) is 0. The molecule has 2 N–H and O–H groups in total. The van der Waals surface area contributed by atoms with Gasteiger partial charge in [0.2, 0.25) is 0 Å². The highest BCUT2D eigenvalue weighted by Crippen LogP contribution is 2.10. The quantitative estimate of drug-likeness (QED) is 0.691. The van der Waals surface area contributed by atoms with Crippen molar-refractivity contribution in [2.75, 3.05) is 33.2 Å². The van der Waals surface area contributed by atoms with Gasteiger partial charge < -0.3 is 10.6 Å². The molecule has 0 radical (unpaired) electrons. The molecule has 3 heteroatoms. The van der Waals surface area contributed by atoms with Gasteiger partial charge in [-0.3, -0.25) is 4.90 Å². The van der Waals surface area contributed by atoms with Crippen molar-refractivity contribution in [1.82, 2.24) is 15.5 Å². The second-order valence-corrected chi connectivity index (χ2v) is 4.71. The molecule has 1 rings (SSSR count). The van der Waals surface area contributed by atoms with E-state index in [9.17, 15) is 0 Å². The van der Waals surface area contributed by atoms with E-state index in [0.29, 0.717) is 12.1 Å². The van der Waals surface area contributed by atoms with Crippen LogP contribution >= 0.6 is 0 Å². The first-order chi connectivity index (χ1) is 6.65. The monoisotopic (exact) mass is 199 g/mol. The molecule has 0 bridgehead atoms. The lowest BCUT2D eigenvalue weighted by molar-refractivity contribution is 0.134. The van der Waals surface area contributed by atoms with Gasteiger partial charge >= 0.3 is 0 Å². The number of piperazine rings is 1. The zero-order chi connectivity index (χ0) is 10.6. The van der Waals surface area contributed by atoms with Crippen molar-refractivity contribution in [3.8, 4) is 0 Å². The summed E-state index contributed by atoms with van der Waals surface area (Å²) in [5.74, 6) is 0.736. The Morgan fingerprint density at radius 3 is 2.71 bits per heavy atom. The van der Waals surface area contributed by atoms with Crippen LogP contribution in [0.25, 0.3) is 0 Å². The average Bonchev–Trinajstić information content (AvgIpc) is 2.18. The van der Waals surface area contributed by atoms with E-state index in [1.807, 2.05) is 7.05 Å². The van der Waals surface area contributed by atoms with E-state index >= 15 is 0 Å². The highest BCUT2D eigenvalue weighted by molar-refractivity contribution is 4.83. The Morgan fingerprint density at radius 1 is 1.43 bits per heavy atom. The summed E-state index contributed by atoms with van der Waals surface area (Å²) in [6, 6.07) is 1.33. The lowest BCUT2D eigenvalue weighted by atomic mass is 10.0. The van der Waals surface area contributed by atoms with E-state index in [1.165, 1.54) is 13.1 Å². The molecule has 0 aromatic rings. The summed E-state index contributed by atoms with van der Waals surface area (Å²) < 4.78 is 0. The molecule has 0 saturated carbocycles. The summed E-state index contributed by atoms with van der Waals surface area (Å²) in [5.41, 5.74) is 0. The van der Waals surface area contributed by atoms with Gasteiger partial charge in [-0.15, -0.1) is 0 Å². The Hall–Kier alpha value is -0.120. The number of likely N-dealkylation sites (N-methyl/N-ethyl adjacent to an activating group) is 1. The highest BCUT2D eigenvalue weighted by Gasteiger charge is 2.24. The molecule has 14 heavy (non-hydrogen) atoms. The summed E-state index contributed by atoms with van der Waals surface area (Å²) in [4.78, 5) is 2.58. The second-order valence-electron chi connectivity index (χ2n) is 4.71. The largest absolute Gasteiger partial charge is 0.318 e. The Balaban J connectivity index is 2.39. The Bertz CT molecular complexity index is 159. The fourth-order valence-corrected chi connectivity index (χ4v) is 2.07. The maximum Gasteiger partial charge on any atom is 0.0218 e. The minimum Gasteiger partial charge on any atom is -0.318 e. The van der Waals surface area contributed by atoms with Crippen LogP contribution in [-0.2, 0) is 0 Å². The molecule has 1 saturated heterocycles. The highest BCUT2D eigenvalue weighted by atomic mass is 15.2. The van der Waals surface area contributed by atoms with Crippen LogP contribution in [-0.4, -0.2) is 50.2 Å². The number of nitrogens with zero attached hydrogens (tertiary/aromatic N) is 1. The van der Waals surface area contributed by atoms with E-state index in [0.717, 1.165) is 19.0 Å². The minimum absolute atomic E-state index is 0.656. The van der Waals surface area contributed by atoms with Gasteiger partial charge in [-0.1, -0.05) is 13.8 Å². The van der Waals surface area contributed by atoms with Crippen molar-refractivity contribution in [1.29, 1.82) is 0 Å². The third-order valence-electron chi connectivity index (χ3n) is 3.16. The maximum absolute atomic E-state index is 3.58. The van der Waals surface area contributed by atoms with Crippen molar-refractivity contribution in [2.45, 2.75) is 32.9 Å². The predicted molar refractivity (Wildman–Crippen MR) is 61.6 cm³/mol. The Labute approximate surface area is 88.2 Å². The van der Waals surface area contributed by atoms with Crippen LogP contribution in [0.4, 0.5) is 0 Å². The molecule has 2 atom stereocenters. The molecular formula is C11H25N3. The van der Waals surface area contributed by atoms with Crippen molar-refractivity contribution in [3.63, 3.8) is 0 Å². The normalized spacial score (nSPS) is 26.8. The van der Waals surface area contributed by atoms with Gasteiger partial charge in [-0.2, -0.15) is 0 Å². The third kappa shape index (κ3) is 3.23. The Morgan fingerprint density at radius 2 is 2.14 bits per heavy atom. The van der Waals surface area contributed by atoms with Crippen molar-refractivity contribution in [2.24, 2.45) is 5.92 Å². The average molecular weight is 199 g/mol. The zero-order valence-corrected chi connectivity index (χ0v) is 10.0.